The number of fused-ring (bicyclic) bond motifs is 1. The zero-order chi connectivity index (χ0) is 16.5. The summed E-state index contributed by atoms with van der Waals surface area (Å²) in [6.07, 6.45) is 8.55. The maximum absolute atomic E-state index is 4.90. The summed E-state index contributed by atoms with van der Waals surface area (Å²) < 4.78 is 2.02. The third-order valence-corrected chi connectivity index (χ3v) is 4.67. The molecule has 0 unspecified atom stereocenters. The van der Waals surface area contributed by atoms with Crippen LogP contribution in [0.4, 0.5) is 5.82 Å². The smallest absolute Gasteiger partial charge is 0.133 e. The van der Waals surface area contributed by atoms with Gasteiger partial charge in [-0.15, -0.1) is 0 Å². The minimum atomic E-state index is 0.833. The van der Waals surface area contributed by atoms with E-state index in [9.17, 15) is 0 Å². The molecule has 0 atom stereocenters. The summed E-state index contributed by atoms with van der Waals surface area (Å²) in [7, 11) is 0. The molecule has 5 nitrogen and oxygen atoms in total. The van der Waals surface area contributed by atoms with Crippen molar-refractivity contribution in [3.63, 3.8) is 0 Å². The minimum absolute atomic E-state index is 0.833. The van der Waals surface area contributed by atoms with E-state index in [0.717, 1.165) is 42.3 Å². The molecule has 0 fully saturated rings. The lowest BCUT2D eigenvalue weighted by atomic mass is 10.1. The summed E-state index contributed by atoms with van der Waals surface area (Å²) in [5, 5.41) is 8.47. The summed E-state index contributed by atoms with van der Waals surface area (Å²) in [5.41, 5.74) is 6.65. The van der Waals surface area contributed by atoms with Crippen molar-refractivity contribution in [2.75, 3.05) is 11.9 Å². The normalized spacial score (nSPS) is 13.9. The lowest BCUT2D eigenvalue weighted by Crippen LogP contribution is -2.07. The first-order valence-corrected chi connectivity index (χ1v) is 8.44. The van der Waals surface area contributed by atoms with Gasteiger partial charge in [0.25, 0.3) is 0 Å². The van der Waals surface area contributed by atoms with Crippen LogP contribution in [0.5, 0.6) is 0 Å². The van der Waals surface area contributed by atoms with E-state index in [1.807, 2.05) is 4.68 Å². The third-order valence-electron chi connectivity index (χ3n) is 4.67. The van der Waals surface area contributed by atoms with Crippen LogP contribution in [0.15, 0.2) is 36.8 Å². The maximum Gasteiger partial charge on any atom is 0.133 e. The van der Waals surface area contributed by atoms with Crippen molar-refractivity contribution in [3.05, 3.63) is 53.5 Å². The van der Waals surface area contributed by atoms with Gasteiger partial charge < -0.3 is 5.32 Å². The van der Waals surface area contributed by atoms with Crippen molar-refractivity contribution < 1.29 is 0 Å². The molecule has 0 radical (unpaired) electrons. The molecule has 3 heterocycles. The highest BCUT2D eigenvalue weighted by molar-refractivity contribution is 5.68. The fraction of sp³-hybridized carbons (Fsp3) is 0.316. The van der Waals surface area contributed by atoms with Crippen molar-refractivity contribution in [3.8, 4) is 17.1 Å². The summed E-state index contributed by atoms with van der Waals surface area (Å²) in [5.74, 6) is 1.09. The molecule has 0 spiro atoms. The molecule has 4 rings (SSSR count). The van der Waals surface area contributed by atoms with E-state index in [4.69, 9.17) is 5.10 Å². The highest BCUT2D eigenvalue weighted by Gasteiger charge is 2.22. The Morgan fingerprint density at radius 3 is 2.79 bits per heavy atom. The third kappa shape index (κ3) is 2.56. The van der Waals surface area contributed by atoms with Gasteiger partial charge in [-0.2, -0.15) is 5.10 Å². The van der Waals surface area contributed by atoms with E-state index < -0.39 is 0 Å². The van der Waals surface area contributed by atoms with E-state index in [-0.39, 0.29) is 0 Å². The van der Waals surface area contributed by atoms with Crippen molar-refractivity contribution in [2.45, 2.75) is 33.1 Å². The van der Waals surface area contributed by atoms with Crippen LogP contribution >= 0.6 is 0 Å². The Morgan fingerprint density at radius 2 is 2.00 bits per heavy atom. The highest BCUT2D eigenvalue weighted by Crippen LogP contribution is 2.33. The molecule has 24 heavy (non-hydrogen) atoms. The van der Waals surface area contributed by atoms with Crippen LogP contribution in [0.1, 0.15) is 29.5 Å². The van der Waals surface area contributed by atoms with Crippen LogP contribution < -0.4 is 5.32 Å². The summed E-state index contributed by atoms with van der Waals surface area (Å²) >= 11 is 0. The molecule has 0 bridgehead atoms. The zero-order valence-electron chi connectivity index (χ0n) is 14.1. The predicted molar refractivity (Wildman–Crippen MR) is 95.5 cm³/mol. The fourth-order valence-corrected chi connectivity index (χ4v) is 3.17. The van der Waals surface area contributed by atoms with Crippen molar-refractivity contribution in [1.29, 1.82) is 0 Å². The maximum atomic E-state index is 4.90. The molecule has 1 aliphatic heterocycles. The van der Waals surface area contributed by atoms with Gasteiger partial charge in [0.2, 0.25) is 0 Å². The molecule has 3 aromatic rings. The number of anilines is 1. The standard InChI is InChI=1S/C19H21N5/c1-13-6-7-15(11-14(13)2)24-19-16(5-3-4-8-22-19)18(23-24)17-12-20-9-10-21-17/h6-7,9-12,22H,3-5,8H2,1-2H3. The number of nitrogens with zero attached hydrogens (tertiary/aromatic N) is 4. The second-order valence-corrected chi connectivity index (χ2v) is 6.33. The number of benzene rings is 1. The Bertz CT molecular complexity index is 867. The molecule has 1 aliphatic rings. The lowest BCUT2D eigenvalue weighted by Gasteiger charge is -2.10. The first-order valence-electron chi connectivity index (χ1n) is 8.44. The SMILES string of the molecule is Cc1ccc(-n2nc(-c3cnccn3)c3c2NCCCC3)cc1C. The minimum Gasteiger partial charge on any atom is -0.370 e. The van der Waals surface area contributed by atoms with Crippen LogP contribution in [0.2, 0.25) is 0 Å². The molecular weight excluding hydrogens is 298 g/mol. The van der Waals surface area contributed by atoms with Crippen molar-refractivity contribution in [2.24, 2.45) is 0 Å². The van der Waals surface area contributed by atoms with Gasteiger partial charge in [0.1, 0.15) is 17.2 Å². The quantitative estimate of drug-likeness (QED) is 0.782. The number of aromatic nitrogens is 4. The van der Waals surface area contributed by atoms with Crippen LogP contribution in [0.25, 0.3) is 17.1 Å². The number of hydrogen-bond acceptors (Lipinski definition) is 4. The Kier molecular flexibility index (Phi) is 3.76. The summed E-state index contributed by atoms with van der Waals surface area (Å²) in [4.78, 5) is 8.67. The second kappa shape index (κ2) is 6.07. The molecule has 0 amide bonds. The molecule has 2 aromatic heterocycles. The van der Waals surface area contributed by atoms with Crippen molar-refractivity contribution >= 4 is 5.82 Å². The van der Waals surface area contributed by atoms with Gasteiger partial charge in [-0.1, -0.05) is 6.07 Å². The topological polar surface area (TPSA) is 55.6 Å². The van der Waals surface area contributed by atoms with Crippen LogP contribution in [-0.4, -0.2) is 26.3 Å². The summed E-state index contributed by atoms with van der Waals surface area (Å²) in [6, 6.07) is 6.47. The lowest BCUT2D eigenvalue weighted by molar-refractivity contribution is 0.779. The molecular formula is C19H21N5. The van der Waals surface area contributed by atoms with Gasteiger partial charge in [0.15, 0.2) is 0 Å². The molecule has 1 N–H and O–H groups in total. The van der Waals surface area contributed by atoms with Gasteiger partial charge in [0.05, 0.1) is 11.9 Å². The van der Waals surface area contributed by atoms with Crippen LogP contribution in [0.3, 0.4) is 0 Å². The van der Waals surface area contributed by atoms with Gasteiger partial charge >= 0.3 is 0 Å². The second-order valence-electron chi connectivity index (χ2n) is 6.33. The van der Waals surface area contributed by atoms with E-state index in [1.54, 1.807) is 18.6 Å². The Hall–Kier alpha value is -2.69. The Balaban J connectivity index is 1.91. The molecule has 122 valence electrons. The number of nitrogens with one attached hydrogen (secondary N) is 1. The van der Waals surface area contributed by atoms with Crippen molar-refractivity contribution in [1.82, 2.24) is 19.7 Å². The van der Waals surface area contributed by atoms with Gasteiger partial charge in [0, 0.05) is 24.5 Å². The average molecular weight is 319 g/mol. The van der Waals surface area contributed by atoms with Gasteiger partial charge in [-0.25, -0.2) is 4.68 Å². The number of rotatable bonds is 2. The first-order chi connectivity index (χ1) is 11.7. The van der Waals surface area contributed by atoms with Crippen LogP contribution in [-0.2, 0) is 6.42 Å². The highest BCUT2D eigenvalue weighted by atomic mass is 15.3. The predicted octanol–water partition coefficient (Wildman–Crippen LogP) is 3.69. The zero-order valence-corrected chi connectivity index (χ0v) is 14.1. The largest absolute Gasteiger partial charge is 0.370 e. The number of hydrogen-bond donors (Lipinski definition) is 1. The van der Waals surface area contributed by atoms with E-state index >= 15 is 0 Å². The monoisotopic (exact) mass is 319 g/mol. The van der Waals surface area contributed by atoms with Gasteiger partial charge in [-0.3, -0.25) is 9.97 Å². The van der Waals surface area contributed by atoms with E-state index in [0.29, 0.717) is 0 Å². The first kappa shape index (κ1) is 14.9. The molecule has 0 saturated heterocycles. The molecule has 5 heteroatoms. The molecule has 0 saturated carbocycles. The summed E-state index contributed by atoms with van der Waals surface area (Å²) in [6.45, 7) is 5.24. The fourth-order valence-electron chi connectivity index (χ4n) is 3.17. The number of aryl methyl sites for hydroxylation is 2. The van der Waals surface area contributed by atoms with E-state index in [2.05, 4.69) is 47.3 Å². The molecule has 1 aromatic carbocycles. The van der Waals surface area contributed by atoms with Gasteiger partial charge in [-0.05, 0) is 56.4 Å². The average Bonchev–Trinajstić information content (AvgIpc) is 2.80. The van der Waals surface area contributed by atoms with E-state index in [1.165, 1.54) is 23.1 Å². The Labute approximate surface area is 141 Å². The Morgan fingerprint density at radius 1 is 1.08 bits per heavy atom. The molecule has 0 aliphatic carbocycles. The van der Waals surface area contributed by atoms with Crippen LogP contribution in [0, 0.1) is 13.8 Å².